The van der Waals surface area contributed by atoms with Crippen molar-refractivity contribution in [3.63, 3.8) is 0 Å². The van der Waals surface area contributed by atoms with Crippen molar-refractivity contribution in [2.75, 3.05) is 13.2 Å². The molecule has 0 saturated heterocycles. The zero-order chi connectivity index (χ0) is 55.7. The molecule has 0 saturated carbocycles. The molecule has 0 N–H and O–H groups in total. The van der Waals surface area contributed by atoms with Crippen LogP contribution in [0.5, 0.6) is 0 Å². The van der Waals surface area contributed by atoms with E-state index in [4.69, 9.17) is 14.2 Å². The van der Waals surface area contributed by atoms with Crippen LogP contribution in [0.15, 0.2) is 109 Å². The zero-order valence-corrected chi connectivity index (χ0v) is 50.4. The molecular formula is C71H120O6. The first-order chi connectivity index (χ1) is 38.0. The van der Waals surface area contributed by atoms with Gasteiger partial charge in [0, 0.05) is 19.3 Å². The van der Waals surface area contributed by atoms with Gasteiger partial charge in [-0.05, 0) is 103 Å². The van der Waals surface area contributed by atoms with E-state index < -0.39 is 6.10 Å². The van der Waals surface area contributed by atoms with Gasteiger partial charge in [0.05, 0.1) is 0 Å². The first-order valence-electron chi connectivity index (χ1n) is 32.4. The van der Waals surface area contributed by atoms with Gasteiger partial charge in [0.15, 0.2) is 6.10 Å². The highest BCUT2D eigenvalue weighted by Gasteiger charge is 2.19. The monoisotopic (exact) mass is 1070 g/mol. The molecule has 77 heavy (non-hydrogen) atoms. The number of esters is 3. The van der Waals surface area contributed by atoms with Gasteiger partial charge in [-0.15, -0.1) is 0 Å². The van der Waals surface area contributed by atoms with Gasteiger partial charge in [0.2, 0.25) is 0 Å². The molecule has 0 amide bonds. The summed E-state index contributed by atoms with van der Waals surface area (Å²) in [5.74, 6) is -0.889. The fraction of sp³-hybridized carbons (Fsp3) is 0.704. The quantitative estimate of drug-likeness (QED) is 0.0261. The van der Waals surface area contributed by atoms with E-state index >= 15 is 0 Å². The Morgan fingerprint density at radius 1 is 0.273 bits per heavy atom. The Labute approximate surface area is 476 Å². The van der Waals surface area contributed by atoms with E-state index in [0.717, 1.165) is 128 Å². The van der Waals surface area contributed by atoms with Gasteiger partial charge in [0.1, 0.15) is 13.2 Å². The van der Waals surface area contributed by atoms with Crippen molar-refractivity contribution < 1.29 is 28.6 Å². The predicted octanol–water partition coefficient (Wildman–Crippen LogP) is 22.2. The Kier molecular flexibility index (Phi) is 61.3. The molecule has 0 heterocycles. The number of rotatable bonds is 58. The molecule has 6 heteroatoms. The first-order valence-corrected chi connectivity index (χ1v) is 32.4. The minimum absolute atomic E-state index is 0.0818. The molecule has 0 fully saturated rings. The predicted molar refractivity (Wildman–Crippen MR) is 334 cm³/mol. The topological polar surface area (TPSA) is 78.9 Å². The highest BCUT2D eigenvalue weighted by Crippen LogP contribution is 2.16. The van der Waals surface area contributed by atoms with E-state index in [1.54, 1.807) is 0 Å². The number of allylic oxidation sites excluding steroid dienone is 18. The van der Waals surface area contributed by atoms with Crippen molar-refractivity contribution >= 4 is 17.9 Å². The van der Waals surface area contributed by atoms with Gasteiger partial charge in [0.25, 0.3) is 0 Å². The first kappa shape index (κ1) is 73.1. The number of carbonyl (C=O) groups is 3. The average Bonchev–Trinajstić information content (AvgIpc) is 3.43. The molecular weight excluding hydrogens is 949 g/mol. The molecule has 0 aromatic rings. The molecule has 6 nitrogen and oxygen atoms in total. The number of unbranched alkanes of at least 4 members (excludes halogenated alkanes) is 29. The molecule has 0 aliphatic carbocycles. The fourth-order valence-corrected chi connectivity index (χ4v) is 8.99. The van der Waals surface area contributed by atoms with Gasteiger partial charge >= 0.3 is 17.9 Å². The van der Waals surface area contributed by atoms with Gasteiger partial charge in [-0.1, -0.05) is 291 Å². The van der Waals surface area contributed by atoms with Crippen molar-refractivity contribution in [1.29, 1.82) is 0 Å². The van der Waals surface area contributed by atoms with Crippen LogP contribution in [0.2, 0.25) is 0 Å². The summed E-state index contributed by atoms with van der Waals surface area (Å²) in [5.41, 5.74) is 0. The zero-order valence-electron chi connectivity index (χ0n) is 50.4. The lowest BCUT2D eigenvalue weighted by Gasteiger charge is -2.18. The molecule has 1 unspecified atom stereocenters. The third-order valence-electron chi connectivity index (χ3n) is 13.8. The highest BCUT2D eigenvalue weighted by atomic mass is 16.6. The van der Waals surface area contributed by atoms with Crippen LogP contribution in [0.25, 0.3) is 0 Å². The second-order valence-corrected chi connectivity index (χ2v) is 21.3. The van der Waals surface area contributed by atoms with Crippen LogP contribution in [0.3, 0.4) is 0 Å². The van der Waals surface area contributed by atoms with Crippen LogP contribution < -0.4 is 0 Å². The van der Waals surface area contributed by atoms with Gasteiger partial charge in [-0.25, -0.2) is 0 Å². The van der Waals surface area contributed by atoms with Crippen LogP contribution in [-0.2, 0) is 28.6 Å². The molecule has 440 valence electrons. The van der Waals surface area contributed by atoms with E-state index in [1.165, 1.54) is 135 Å². The molecule has 0 aromatic heterocycles. The minimum atomic E-state index is -0.786. The number of ether oxygens (including phenoxy) is 3. The van der Waals surface area contributed by atoms with Crippen LogP contribution in [0.4, 0.5) is 0 Å². The summed E-state index contributed by atoms with van der Waals surface area (Å²) in [7, 11) is 0. The molecule has 0 radical (unpaired) electrons. The second-order valence-electron chi connectivity index (χ2n) is 21.3. The lowest BCUT2D eigenvalue weighted by atomic mass is 10.0. The van der Waals surface area contributed by atoms with Crippen LogP contribution in [-0.4, -0.2) is 37.2 Å². The van der Waals surface area contributed by atoms with Gasteiger partial charge in [-0.2, -0.15) is 0 Å². The molecule has 0 bridgehead atoms. The van der Waals surface area contributed by atoms with Crippen molar-refractivity contribution in [2.45, 2.75) is 309 Å². The Morgan fingerprint density at radius 2 is 0.506 bits per heavy atom. The van der Waals surface area contributed by atoms with Crippen molar-refractivity contribution in [2.24, 2.45) is 0 Å². The molecule has 0 spiro atoms. The standard InChI is InChI=1S/C71H120O6/c1-4-7-10-13-16-19-22-24-26-28-30-31-32-33-34-35-36-37-38-39-41-42-44-46-49-52-55-58-61-64-70(73)76-67-68(66-75-69(72)63-60-57-54-51-48-21-18-15-12-9-6-3)77-71(74)65-62-59-56-53-50-47-45-43-40-29-27-25-23-20-17-14-11-8-5-2/h7-8,10-11,16-17,19-20,24-27,30-31,33-34,40,43,68H,4-6,9,12-15,18,21-23,28-29,32,35-39,41-42,44-67H2,1-3H3/b10-7-,11-8-,19-16-,20-17-,26-24-,27-25-,31-30-,34-33-,43-40-. The Morgan fingerprint density at radius 3 is 0.792 bits per heavy atom. The molecule has 1 atom stereocenters. The Hall–Kier alpha value is -3.93. The summed E-state index contributed by atoms with van der Waals surface area (Å²) in [5, 5.41) is 0. The summed E-state index contributed by atoms with van der Waals surface area (Å²) < 4.78 is 16.9. The summed E-state index contributed by atoms with van der Waals surface area (Å²) in [4.78, 5) is 38.3. The SMILES string of the molecule is CC/C=C\C/C=C\C/C=C\C/C=C\C/C=C\CCCCCCCCCCCCCCCC(=O)OCC(COC(=O)CCCCCCCCCCCCC)OC(=O)CCCCCCCC/C=C\C/C=C\C/C=C\C/C=C\CC. The van der Waals surface area contributed by atoms with Crippen LogP contribution >= 0.6 is 0 Å². The molecule has 0 aromatic carbocycles. The van der Waals surface area contributed by atoms with E-state index in [2.05, 4.69) is 130 Å². The van der Waals surface area contributed by atoms with E-state index in [9.17, 15) is 14.4 Å². The van der Waals surface area contributed by atoms with Gasteiger partial charge in [-0.3, -0.25) is 14.4 Å². The number of hydrogen-bond acceptors (Lipinski definition) is 6. The van der Waals surface area contributed by atoms with Crippen LogP contribution in [0, 0.1) is 0 Å². The minimum Gasteiger partial charge on any atom is -0.462 e. The average molecular weight is 1070 g/mol. The van der Waals surface area contributed by atoms with E-state index in [-0.39, 0.29) is 31.1 Å². The lowest BCUT2D eigenvalue weighted by Crippen LogP contribution is -2.30. The normalized spacial score (nSPS) is 12.8. The van der Waals surface area contributed by atoms with Crippen molar-refractivity contribution in [3.8, 4) is 0 Å². The van der Waals surface area contributed by atoms with Crippen molar-refractivity contribution in [1.82, 2.24) is 0 Å². The number of carbonyl (C=O) groups excluding carboxylic acids is 3. The Bertz CT molecular complexity index is 1560. The summed E-state index contributed by atoms with van der Waals surface area (Å²) in [6, 6.07) is 0. The summed E-state index contributed by atoms with van der Waals surface area (Å²) in [6.07, 6.45) is 88.1. The van der Waals surface area contributed by atoms with Gasteiger partial charge < -0.3 is 14.2 Å². The third kappa shape index (κ3) is 62.8. The number of hydrogen-bond donors (Lipinski definition) is 0. The van der Waals surface area contributed by atoms with E-state index in [1.807, 2.05) is 0 Å². The smallest absolute Gasteiger partial charge is 0.306 e. The maximum atomic E-state index is 12.9. The largest absolute Gasteiger partial charge is 0.462 e. The van der Waals surface area contributed by atoms with E-state index in [0.29, 0.717) is 19.3 Å². The fourth-order valence-electron chi connectivity index (χ4n) is 8.99. The second kappa shape index (κ2) is 64.6. The lowest BCUT2D eigenvalue weighted by molar-refractivity contribution is -0.167. The van der Waals surface area contributed by atoms with Crippen LogP contribution in [0.1, 0.15) is 303 Å². The Balaban J connectivity index is 4.25. The molecule has 0 aliphatic heterocycles. The molecule has 0 rings (SSSR count). The highest BCUT2D eigenvalue weighted by molar-refractivity contribution is 5.71. The molecule has 0 aliphatic rings. The maximum Gasteiger partial charge on any atom is 0.306 e. The van der Waals surface area contributed by atoms with Crippen molar-refractivity contribution in [3.05, 3.63) is 109 Å². The summed E-state index contributed by atoms with van der Waals surface area (Å²) in [6.45, 7) is 6.42. The summed E-state index contributed by atoms with van der Waals surface area (Å²) >= 11 is 0. The third-order valence-corrected chi connectivity index (χ3v) is 13.8. The maximum absolute atomic E-state index is 12.9.